The number of carbonyl (C=O) groups is 2. The van der Waals surface area contributed by atoms with Crippen LogP contribution in [0, 0.1) is 12.8 Å². The first-order valence-corrected chi connectivity index (χ1v) is 9.85. The molecule has 2 aromatic rings. The Labute approximate surface area is 157 Å². The Bertz CT molecular complexity index is 800. The third-order valence-corrected chi connectivity index (χ3v) is 5.91. The van der Waals surface area contributed by atoms with Gasteiger partial charge in [0.05, 0.1) is 5.92 Å². The molecular formula is C19H24N4O2S. The van der Waals surface area contributed by atoms with E-state index in [-0.39, 0.29) is 24.2 Å². The van der Waals surface area contributed by atoms with Crippen LogP contribution in [0.4, 0.5) is 10.8 Å². The molecule has 3 rings (SSSR count). The summed E-state index contributed by atoms with van der Waals surface area (Å²) in [6.07, 6.45) is 2.22. The number of carbonyl (C=O) groups excluding carboxylic acids is 2. The van der Waals surface area contributed by atoms with Crippen molar-refractivity contribution in [3.8, 4) is 0 Å². The van der Waals surface area contributed by atoms with E-state index in [4.69, 9.17) is 0 Å². The highest BCUT2D eigenvalue weighted by Crippen LogP contribution is 2.30. The van der Waals surface area contributed by atoms with Crippen molar-refractivity contribution in [3.05, 3.63) is 34.8 Å². The Balaban J connectivity index is 1.66. The Morgan fingerprint density at radius 2 is 2.04 bits per heavy atom. The second kappa shape index (κ2) is 7.95. The lowest BCUT2D eigenvalue weighted by atomic mass is 10.1. The van der Waals surface area contributed by atoms with Gasteiger partial charge in [0.25, 0.3) is 0 Å². The third kappa shape index (κ3) is 3.77. The topological polar surface area (TPSA) is 75.2 Å². The molecule has 1 aliphatic rings. The highest BCUT2D eigenvalue weighted by Gasteiger charge is 2.36. The summed E-state index contributed by atoms with van der Waals surface area (Å²) in [6, 6.07) is 7.73. The van der Waals surface area contributed by atoms with Gasteiger partial charge in [-0.15, -0.1) is 10.2 Å². The van der Waals surface area contributed by atoms with Crippen molar-refractivity contribution in [3.63, 3.8) is 0 Å². The first-order valence-electron chi connectivity index (χ1n) is 9.03. The number of amides is 2. The molecule has 1 aliphatic heterocycles. The van der Waals surface area contributed by atoms with E-state index >= 15 is 0 Å². The van der Waals surface area contributed by atoms with Gasteiger partial charge in [0.1, 0.15) is 5.01 Å². The second-order valence-corrected chi connectivity index (χ2v) is 7.65. The molecule has 0 saturated carbocycles. The van der Waals surface area contributed by atoms with Crippen LogP contribution in [0.25, 0.3) is 0 Å². The van der Waals surface area contributed by atoms with Crippen LogP contribution in [-0.4, -0.2) is 28.6 Å². The minimum atomic E-state index is -0.373. The van der Waals surface area contributed by atoms with Crippen molar-refractivity contribution in [2.24, 2.45) is 5.92 Å². The SMILES string of the molecule is CCC(CC)c1nnc(NC(=O)C2CC(=O)N(c3ccccc3C)C2)s1. The molecule has 0 spiro atoms. The van der Waals surface area contributed by atoms with E-state index in [1.54, 1.807) is 4.90 Å². The molecule has 1 N–H and O–H groups in total. The van der Waals surface area contributed by atoms with Crippen LogP contribution >= 0.6 is 11.3 Å². The van der Waals surface area contributed by atoms with E-state index < -0.39 is 0 Å². The van der Waals surface area contributed by atoms with E-state index in [0.717, 1.165) is 29.1 Å². The zero-order chi connectivity index (χ0) is 18.7. The van der Waals surface area contributed by atoms with E-state index in [1.807, 2.05) is 31.2 Å². The average molecular weight is 372 g/mol. The molecule has 1 aromatic heterocycles. The summed E-state index contributed by atoms with van der Waals surface area (Å²) in [5.41, 5.74) is 1.90. The molecule has 26 heavy (non-hydrogen) atoms. The fourth-order valence-electron chi connectivity index (χ4n) is 3.28. The highest BCUT2D eigenvalue weighted by atomic mass is 32.1. The van der Waals surface area contributed by atoms with Gasteiger partial charge < -0.3 is 10.2 Å². The lowest BCUT2D eigenvalue weighted by molar-refractivity contribution is -0.122. The Kier molecular flexibility index (Phi) is 5.66. The van der Waals surface area contributed by atoms with Crippen LogP contribution in [0.1, 0.15) is 49.6 Å². The van der Waals surface area contributed by atoms with Gasteiger partial charge in [-0.1, -0.05) is 43.4 Å². The summed E-state index contributed by atoms with van der Waals surface area (Å²) in [5.74, 6) is -0.179. The summed E-state index contributed by atoms with van der Waals surface area (Å²) in [6.45, 7) is 6.61. The highest BCUT2D eigenvalue weighted by molar-refractivity contribution is 7.15. The molecule has 7 heteroatoms. The molecule has 0 radical (unpaired) electrons. The van der Waals surface area contributed by atoms with E-state index in [2.05, 4.69) is 29.4 Å². The van der Waals surface area contributed by atoms with E-state index in [0.29, 0.717) is 17.6 Å². The van der Waals surface area contributed by atoms with Crippen molar-refractivity contribution >= 4 is 34.0 Å². The summed E-state index contributed by atoms with van der Waals surface area (Å²) in [4.78, 5) is 26.7. The maximum Gasteiger partial charge on any atom is 0.231 e. The van der Waals surface area contributed by atoms with Crippen LogP contribution < -0.4 is 10.2 Å². The Morgan fingerprint density at radius 3 is 2.73 bits per heavy atom. The Morgan fingerprint density at radius 1 is 1.31 bits per heavy atom. The first-order chi connectivity index (χ1) is 12.5. The lowest BCUT2D eigenvalue weighted by Crippen LogP contribution is -2.28. The number of hydrogen-bond acceptors (Lipinski definition) is 5. The van der Waals surface area contributed by atoms with Crippen molar-refractivity contribution in [1.29, 1.82) is 0 Å². The van der Waals surface area contributed by atoms with Gasteiger partial charge in [-0.05, 0) is 31.4 Å². The quantitative estimate of drug-likeness (QED) is 0.838. The first kappa shape index (κ1) is 18.5. The minimum Gasteiger partial charge on any atom is -0.311 e. The lowest BCUT2D eigenvalue weighted by Gasteiger charge is -2.18. The van der Waals surface area contributed by atoms with Gasteiger partial charge in [0, 0.05) is 24.6 Å². The molecule has 2 amide bonds. The molecule has 1 atom stereocenters. The maximum absolute atomic E-state index is 12.6. The number of anilines is 2. The van der Waals surface area contributed by atoms with Crippen LogP contribution in [0.2, 0.25) is 0 Å². The number of benzene rings is 1. The van der Waals surface area contributed by atoms with Gasteiger partial charge >= 0.3 is 0 Å². The smallest absolute Gasteiger partial charge is 0.231 e. The molecule has 1 aromatic carbocycles. The second-order valence-electron chi connectivity index (χ2n) is 6.64. The van der Waals surface area contributed by atoms with Gasteiger partial charge in [-0.2, -0.15) is 0 Å². The fraction of sp³-hybridized carbons (Fsp3) is 0.474. The van der Waals surface area contributed by atoms with Crippen molar-refractivity contribution in [2.75, 3.05) is 16.8 Å². The van der Waals surface area contributed by atoms with Gasteiger partial charge in [-0.3, -0.25) is 9.59 Å². The number of rotatable bonds is 6. The largest absolute Gasteiger partial charge is 0.311 e. The predicted octanol–water partition coefficient (Wildman–Crippen LogP) is 3.74. The van der Waals surface area contributed by atoms with Crippen LogP contribution in [0.3, 0.4) is 0 Å². The molecule has 6 nitrogen and oxygen atoms in total. The number of hydrogen-bond donors (Lipinski definition) is 1. The molecule has 0 bridgehead atoms. The number of para-hydroxylation sites is 1. The molecule has 2 heterocycles. The molecule has 1 saturated heterocycles. The number of aryl methyl sites for hydroxylation is 1. The third-order valence-electron chi connectivity index (χ3n) is 4.91. The fourth-order valence-corrected chi connectivity index (χ4v) is 4.29. The molecular weight excluding hydrogens is 348 g/mol. The van der Waals surface area contributed by atoms with Gasteiger partial charge in [-0.25, -0.2) is 0 Å². The Hall–Kier alpha value is -2.28. The zero-order valence-corrected chi connectivity index (χ0v) is 16.2. The number of aromatic nitrogens is 2. The average Bonchev–Trinajstić information content (AvgIpc) is 3.24. The zero-order valence-electron chi connectivity index (χ0n) is 15.4. The minimum absolute atomic E-state index is 0.0190. The van der Waals surface area contributed by atoms with E-state index in [9.17, 15) is 9.59 Å². The van der Waals surface area contributed by atoms with Crippen molar-refractivity contribution in [2.45, 2.75) is 46.0 Å². The predicted molar refractivity (Wildman–Crippen MR) is 104 cm³/mol. The van der Waals surface area contributed by atoms with Gasteiger partial charge in [0.15, 0.2) is 0 Å². The number of nitrogens with one attached hydrogen (secondary N) is 1. The van der Waals surface area contributed by atoms with E-state index in [1.165, 1.54) is 11.3 Å². The van der Waals surface area contributed by atoms with Gasteiger partial charge in [0.2, 0.25) is 16.9 Å². The molecule has 138 valence electrons. The summed E-state index contributed by atoms with van der Waals surface area (Å²) >= 11 is 1.42. The maximum atomic E-state index is 12.6. The van der Waals surface area contributed by atoms with Crippen molar-refractivity contribution < 1.29 is 9.59 Å². The summed E-state index contributed by atoms with van der Waals surface area (Å²) in [7, 11) is 0. The molecule has 0 aliphatic carbocycles. The monoisotopic (exact) mass is 372 g/mol. The summed E-state index contributed by atoms with van der Waals surface area (Å²) in [5, 5.41) is 12.6. The van der Waals surface area contributed by atoms with Crippen LogP contribution in [0.15, 0.2) is 24.3 Å². The molecule has 1 fully saturated rings. The van der Waals surface area contributed by atoms with Crippen LogP contribution in [0.5, 0.6) is 0 Å². The van der Waals surface area contributed by atoms with Crippen LogP contribution in [-0.2, 0) is 9.59 Å². The summed E-state index contributed by atoms with van der Waals surface area (Å²) < 4.78 is 0. The van der Waals surface area contributed by atoms with Crippen molar-refractivity contribution in [1.82, 2.24) is 10.2 Å². The molecule has 1 unspecified atom stereocenters. The number of nitrogens with zero attached hydrogens (tertiary/aromatic N) is 3. The standard InChI is InChI=1S/C19H24N4O2S/c1-4-13(5-2)18-21-22-19(26-18)20-17(25)14-10-16(24)23(11-14)15-9-7-6-8-12(15)3/h6-9,13-14H,4-5,10-11H2,1-3H3,(H,20,22,25). The normalized spacial score (nSPS) is 17.2.